The fourth-order valence-corrected chi connectivity index (χ4v) is 1.67. The molecule has 0 aliphatic rings. The molecule has 0 unspecified atom stereocenters. The number of methoxy groups -OCH3 is 1. The van der Waals surface area contributed by atoms with Gasteiger partial charge in [0.2, 0.25) is 0 Å². The molecular formula is C9H10FIO. The van der Waals surface area contributed by atoms with Gasteiger partial charge in [-0.3, -0.25) is 0 Å². The smallest absolute Gasteiger partial charge is 0.124 e. The lowest BCUT2D eigenvalue weighted by Gasteiger charge is -2.01. The number of ether oxygens (including phenoxy) is 1. The average molecular weight is 280 g/mol. The Morgan fingerprint density at radius 2 is 2.17 bits per heavy atom. The van der Waals surface area contributed by atoms with Gasteiger partial charge in [-0.1, -0.05) is 0 Å². The maximum Gasteiger partial charge on any atom is 0.124 e. The summed E-state index contributed by atoms with van der Waals surface area (Å²) in [6, 6.07) is 5.01. The molecule has 0 aliphatic carbocycles. The third-order valence-corrected chi connectivity index (χ3v) is 2.14. The highest BCUT2D eigenvalue weighted by molar-refractivity contribution is 14.1. The van der Waals surface area contributed by atoms with Gasteiger partial charge >= 0.3 is 0 Å². The van der Waals surface area contributed by atoms with E-state index in [1.165, 1.54) is 6.07 Å². The third kappa shape index (κ3) is 3.06. The second-order valence-corrected chi connectivity index (χ2v) is 3.77. The van der Waals surface area contributed by atoms with Crippen LogP contribution in [0, 0.1) is 9.39 Å². The highest BCUT2D eigenvalue weighted by Crippen LogP contribution is 2.11. The number of rotatable bonds is 3. The minimum atomic E-state index is -0.173. The summed E-state index contributed by atoms with van der Waals surface area (Å²) in [6.07, 6.45) is 0.768. The Morgan fingerprint density at radius 3 is 2.75 bits per heavy atom. The zero-order valence-corrected chi connectivity index (χ0v) is 8.97. The van der Waals surface area contributed by atoms with Crippen molar-refractivity contribution in [3.63, 3.8) is 0 Å². The first kappa shape index (κ1) is 9.92. The van der Waals surface area contributed by atoms with Gasteiger partial charge in [-0.25, -0.2) is 4.39 Å². The minimum absolute atomic E-state index is 0.173. The lowest BCUT2D eigenvalue weighted by Crippen LogP contribution is -1.95. The predicted octanol–water partition coefficient (Wildman–Crippen LogP) is 2.62. The SMILES string of the molecule is COCCc1cc(F)cc(I)c1. The van der Waals surface area contributed by atoms with Crippen molar-refractivity contribution in [3.05, 3.63) is 33.1 Å². The van der Waals surface area contributed by atoms with Gasteiger partial charge in [0.15, 0.2) is 0 Å². The van der Waals surface area contributed by atoms with Gasteiger partial charge in [-0.2, -0.15) is 0 Å². The summed E-state index contributed by atoms with van der Waals surface area (Å²) in [4.78, 5) is 0. The highest BCUT2D eigenvalue weighted by atomic mass is 127. The van der Waals surface area contributed by atoms with Gasteiger partial charge in [-0.05, 0) is 52.8 Å². The molecule has 0 aromatic heterocycles. The second-order valence-electron chi connectivity index (χ2n) is 2.52. The molecule has 0 atom stereocenters. The Kier molecular flexibility index (Phi) is 3.94. The van der Waals surface area contributed by atoms with Crippen molar-refractivity contribution in [3.8, 4) is 0 Å². The van der Waals surface area contributed by atoms with Crippen LogP contribution in [0.3, 0.4) is 0 Å². The zero-order chi connectivity index (χ0) is 8.97. The molecule has 0 amide bonds. The Bertz CT molecular complexity index is 242. The standard InChI is InChI=1S/C9H10FIO/c1-12-3-2-7-4-8(10)6-9(11)5-7/h4-6H,2-3H2,1H3. The summed E-state index contributed by atoms with van der Waals surface area (Å²) in [5.41, 5.74) is 0.987. The van der Waals surface area contributed by atoms with Crippen LogP contribution in [0.2, 0.25) is 0 Å². The molecule has 3 heteroatoms. The summed E-state index contributed by atoms with van der Waals surface area (Å²) < 4.78 is 18.6. The first-order chi connectivity index (χ1) is 5.72. The van der Waals surface area contributed by atoms with Crippen molar-refractivity contribution in [2.75, 3.05) is 13.7 Å². The summed E-state index contributed by atoms with van der Waals surface area (Å²) in [5, 5.41) is 0. The largest absolute Gasteiger partial charge is 0.384 e. The van der Waals surface area contributed by atoms with E-state index >= 15 is 0 Å². The van der Waals surface area contributed by atoms with Crippen LogP contribution in [0.4, 0.5) is 4.39 Å². The minimum Gasteiger partial charge on any atom is -0.384 e. The summed E-state index contributed by atoms with van der Waals surface area (Å²) in [6.45, 7) is 0.638. The van der Waals surface area contributed by atoms with Crippen molar-refractivity contribution < 1.29 is 9.13 Å². The van der Waals surface area contributed by atoms with Gasteiger partial charge in [0, 0.05) is 10.7 Å². The molecule has 0 heterocycles. The van der Waals surface area contributed by atoms with Gasteiger partial charge in [0.1, 0.15) is 5.82 Å². The highest BCUT2D eigenvalue weighted by Gasteiger charge is 1.97. The lowest BCUT2D eigenvalue weighted by atomic mass is 10.2. The van der Waals surface area contributed by atoms with Gasteiger partial charge in [0.25, 0.3) is 0 Å². The Morgan fingerprint density at radius 1 is 1.42 bits per heavy atom. The van der Waals surface area contributed by atoms with Crippen LogP contribution in [0.15, 0.2) is 18.2 Å². The number of hydrogen-bond acceptors (Lipinski definition) is 1. The van der Waals surface area contributed by atoms with E-state index in [2.05, 4.69) is 22.6 Å². The van der Waals surface area contributed by atoms with E-state index in [0.717, 1.165) is 15.6 Å². The second kappa shape index (κ2) is 4.77. The van der Waals surface area contributed by atoms with Crippen molar-refractivity contribution in [1.29, 1.82) is 0 Å². The number of hydrogen-bond donors (Lipinski definition) is 0. The van der Waals surface area contributed by atoms with E-state index < -0.39 is 0 Å². The fourth-order valence-electron chi connectivity index (χ4n) is 0.975. The van der Waals surface area contributed by atoms with E-state index in [1.54, 1.807) is 13.2 Å². The van der Waals surface area contributed by atoms with E-state index in [4.69, 9.17) is 4.74 Å². The van der Waals surface area contributed by atoms with Crippen molar-refractivity contribution in [2.45, 2.75) is 6.42 Å². The molecule has 0 fully saturated rings. The topological polar surface area (TPSA) is 9.23 Å². The van der Waals surface area contributed by atoms with Crippen LogP contribution in [-0.2, 0) is 11.2 Å². The molecule has 1 aromatic rings. The molecular weight excluding hydrogens is 270 g/mol. The van der Waals surface area contributed by atoms with Crippen molar-refractivity contribution >= 4 is 22.6 Å². The molecule has 0 radical (unpaired) electrons. The van der Waals surface area contributed by atoms with E-state index in [-0.39, 0.29) is 5.82 Å². The summed E-state index contributed by atoms with van der Waals surface area (Å²) in [7, 11) is 1.64. The molecule has 0 saturated heterocycles. The van der Waals surface area contributed by atoms with Crippen LogP contribution in [0.5, 0.6) is 0 Å². The Hall–Kier alpha value is -0.160. The monoisotopic (exact) mass is 280 g/mol. The van der Waals surface area contributed by atoms with Gasteiger partial charge < -0.3 is 4.74 Å². The molecule has 0 saturated carbocycles. The molecule has 12 heavy (non-hydrogen) atoms. The fraction of sp³-hybridized carbons (Fsp3) is 0.333. The van der Waals surface area contributed by atoms with Crippen LogP contribution < -0.4 is 0 Å². The van der Waals surface area contributed by atoms with E-state index in [9.17, 15) is 4.39 Å². The number of benzene rings is 1. The molecule has 66 valence electrons. The van der Waals surface area contributed by atoms with Gasteiger partial charge in [0.05, 0.1) is 6.61 Å². The normalized spacial score (nSPS) is 10.2. The Labute approximate surface area is 85.1 Å². The molecule has 1 rings (SSSR count). The van der Waals surface area contributed by atoms with E-state index in [1.807, 2.05) is 6.07 Å². The molecule has 0 N–H and O–H groups in total. The molecule has 0 spiro atoms. The molecule has 1 aromatic carbocycles. The van der Waals surface area contributed by atoms with Gasteiger partial charge in [-0.15, -0.1) is 0 Å². The maximum absolute atomic E-state index is 12.8. The first-order valence-corrected chi connectivity index (χ1v) is 4.74. The Balaban J connectivity index is 2.72. The molecule has 1 nitrogen and oxygen atoms in total. The van der Waals surface area contributed by atoms with Crippen LogP contribution >= 0.6 is 22.6 Å². The van der Waals surface area contributed by atoms with E-state index in [0.29, 0.717) is 6.61 Å². The number of halogens is 2. The average Bonchev–Trinajstić information content (AvgIpc) is 1.99. The predicted molar refractivity (Wildman–Crippen MR) is 54.7 cm³/mol. The third-order valence-electron chi connectivity index (χ3n) is 1.52. The first-order valence-electron chi connectivity index (χ1n) is 3.66. The maximum atomic E-state index is 12.8. The zero-order valence-electron chi connectivity index (χ0n) is 6.81. The van der Waals surface area contributed by atoms with Crippen LogP contribution in [0.25, 0.3) is 0 Å². The summed E-state index contributed by atoms with van der Waals surface area (Å²) >= 11 is 2.10. The summed E-state index contributed by atoms with van der Waals surface area (Å²) in [5.74, 6) is -0.173. The van der Waals surface area contributed by atoms with Crippen molar-refractivity contribution in [2.24, 2.45) is 0 Å². The quantitative estimate of drug-likeness (QED) is 0.773. The molecule has 0 aliphatic heterocycles. The molecule has 0 bridgehead atoms. The van der Waals surface area contributed by atoms with Crippen LogP contribution in [-0.4, -0.2) is 13.7 Å². The lowest BCUT2D eigenvalue weighted by molar-refractivity contribution is 0.202. The van der Waals surface area contributed by atoms with Crippen LogP contribution in [0.1, 0.15) is 5.56 Å². The van der Waals surface area contributed by atoms with Crippen molar-refractivity contribution in [1.82, 2.24) is 0 Å².